The second kappa shape index (κ2) is 9.71. The van der Waals surface area contributed by atoms with Crippen LogP contribution in [0, 0.1) is 13.8 Å². The standard InChI is InChI=1S/C25H28N2O4S/c1-17-4-5-19(12-18(17)2)14-26-8-6-21-24(25(29)30-3)22(13-23(28)27(21)10-9-26)31-15-20-7-11-32-16-20/h4-5,7,11-13,16H,6,8-10,14-15H2,1-3H3. The SMILES string of the molecule is COC(=O)c1c(OCc2ccsc2)cc(=O)n2c1CCN(Cc1ccc(C)c(C)c1)CC2. The van der Waals surface area contributed by atoms with Gasteiger partial charge in [-0.15, -0.1) is 0 Å². The Bertz CT molecular complexity index is 1170. The molecule has 0 aliphatic carbocycles. The molecule has 2 aromatic heterocycles. The summed E-state index contributed by atoms with van der Waals surface area (Å²) in [5, 5.41) is 3.95. The number of carbonyl (C=O) groups is 1. The highest BCUT2D eigenvalue weighted by molar-refractivity contribution is 7.07. The minimum absolute atomic E-state index is 0.152. The monoisotopic (exact) mass is 452 g/mol. The van der Waals surface area contributed by atoms with Crippen LogP contribution in [0.25, 0.3) is 0 Å². The molecule has 0 unspecified atom stereocenters. The summed E-state index contributed by atoms with van der Waals surface area (Å²) in [5.41, 5.74) is 5.70. The van der Waals surface area contributed by atoms with Gasteiger partial charge in [-0.2, -0.15) is 11.3 Å². The first-order chi connectivity index (χ1) is 15.5. The van der Waals surface area contributed by atoms with E-state index in [9.17, 15) is 9.59 Å². The Labute approximate surface area is 192 Å². The van der Waals surface area contributed by atoms with E-state index in [2.05, 4.69) is 36.9 Å². The first kappa shape index (κ1) is 22.3. The van der Waals surface area contributed by atoms with Gasteiger partial charge in [0.2, 0.25) is 0 Å². The Hall–Kier alpha value is -2.90. The van der Waals surface area contributed by atoms with Gasteiger partial charge in [0.05, 0.1) is 7.11 Å². The van der Waals surface area contributed by atoms with E-state index in [-0.39, 0.29) is 5.56 Å². The smallest absolute Gasteiger partial charge is 0.343 e. The number of pyridine rings is 1. The van der Waals surface area contributed by atoms with Crippen LogP contribution in [0.1, 0.15) is 38.3 Å². The molecule has 3 aromatic rings. The summed E-state index contributed by atoms with van der Waals surface area (Å²) in [7, 11) is 1.36. The van der Waals surface area contributed by atoms with Crippen LogP contribution in [0.3, 0.4) is 0 Å². The third-order valence-corrected chi connectivity index (χ3v) is 6.76. The van der Waals surface area contributed by atoms with Crippen LogP contribution in [0.15, 0.2) is 45.9 Å². The number of hydrogen-bond donors (Lipinski definition) is 0. The highest BCUT2D eigenvalue weighted by Gasteiger charge is 2.26. The average molecular weight is 453 g/mol. The lowest BCUT2D eigenvalue weighted by Crippen LogP contribution is -2.29. The Kier molecular flexibility index (Phi) is 6.77. The van der Waals surface area contributed by atoms with Crippen LogP contribution >= 0.6 is 11.3 Å². The lowest BCUT2D eigenvalue weighted by Gasteiger charge is -2.20. The molecule has 0 bridgehead atoms. The highest BCUT2D eigenvalue weighted by atomic mass is 32.1. The van der Waals surface area contributed by atoms with Crippen molar-refractivity contribution in [3.8, 4) is 5.75 Å². The Morgan fingerprint density at radius 3 is 2.62 bits per heavy atom. The molecule has 0 amide bonds. The number of hydrogen-bond acceptors (Lipinski definition) is 6. The van der Waals surface area contributed by atoms with Crippen LogP contribution in [0.5, 0.6) is 5.75 Å². The van der Waals surface area contributed by atoms with E-state index in [0.717, 1.165) is 25.2 Å². The molecule has 0 N–H and O–H groups in total. The molecule has 0 radical (unpaired) electrons. The fraction of sp³-hybridized carbons (Fsp3) is 0.360. The first-order valence-corrected chi connectivity index (χ1v) is 11.7. The van der Waals surface area contributed by atoms with Crippen LogP contribution in [0.2, 0.25) is 0 Å². The summed E-state index contributed by atoms with van der Waals surface area (Å²) in [6.07, 6.45) is 0.570. The molecule has 6 nitrogen and oxygen atoms in total. The predicted molar refractivity (Wildman–Crippen MR) is 126 cm³/mol. The topological polar surface area (TPSA) is 60.8 Å². The molecule has 1 aromatic carbocycles. The lowest BCUT2D eigenvalue weighted by atomic mass is 10.1. The van der Waals surface area contributed by atoms with Gasteiger partial charge in [-0.1, -0.05) is 18.2 Å². The van der Waals surface area contributed by atoms with Crippen molar-refractivity contribution in [3.05, 3.63) is 85.0 Å². The van der Waals surface area contributed by atoms with E-state index >= 15 is 0 Å². The molecule has 3 heterocycles. The van der Waals surface area contributed by atoms with Crippen LogP contribution in [-0.4, -0.2) is 35.6 Å². The van der Waals surface area contributed by atoms with Crippen molar-refractivity contribution < 1.29 is 14.3 Å². The van der Waals surface area contributed by atoms with Crippen LogP contribution in [-0.2, 0) is 30.9 Å². The summed E-state index contributed by atoms with van der Waals surface area (Å²) in [5.74, 6) is -0.182. The zero-order valence-corrected chi connectivity index (χ0v) is 19.5. The molecule has 0 saturated heterocycles. The molecular weight excluding hydrogens is 424 g/mol. The van der Waals surface area contributed by atoms with Gasteiger partial charge in [-0.3, -0.25) is 9.69 Å². The van der Waals surface area contributed by atoms with E-state index in [1.165, 1.54) is 29.9 Å². The molecule has 0 spiro atoms. The molecule has 0 saturated carbocycles. The van der Waals surface area contributed by atoms with Crippen molar-refractivity contribution in [3.63, 3.8) is 0 Å². The summed E-state index contributed by atoms with van der Waals surface area (Å²) < 4.78 is 12.7. The molecule has 7 heteroatoms. The predicted octanol–water partition coefficient (Wildman–Crippen LogP) is 3.95. The number of benzene rings is 1. The summed E-state index contributed by atoms with van der Waals surface area (Å²) in [6, 6.07) is 9.90. The number of rotatable bonds is 6. The van der Waals surface area contributed by atoms with Crippen molar-refractivity contribution in [2.45, 2.75) is 40.0 Å². The molecule has 168 valence electrons. The Morgan fingerprint density at radius 1 is 1.06 bits per heavy atom. The molecule has 1 aliphatic rings. The third kappa shape index (κ3) is 4.79. The van der Waals surface area contributed by atoms with Gasteiger partial charge in [0.25, 0.3) is 5.56 Å². The molecular formula is C25H28N2O4S. The third-order valence-electron chi connectivity index (χ3n) is 6.03. The maximum atomic E-state index is 12.9. The van der Waals surface area contributed by atoms with E-state index in [1.54, 1.807) is 15.9 Å². The lowest BCUT2D eigenvalue weighted by molar-refractivity contribution is 0.0592. The van der Waals surface area contributed by atoms with Gasteiger partial charge in [0.15, 0.2) is 0 Å². The Morgan fingerprint density at radius 2 is 1.91 bits per heavy atom. The number of ether oxygens (including phenoxy) is 2. The molecule has 0 atom stereocenters. The number of methoxy groups -OCH3 is 1. The molecule has 0 fully saturated rings. The molecule has 4 rings (SSSR count). The number of thiophene rings is 1. The fourth-order valence-corrected chi connectivity index (χ4v) is 4.74. The second-order valence-electron chi connectivity index (χ2n) is 8.18. The number of nitrogens with zero attached hydrogens (tertiary/aromatic N) is 2. The number of esters is 1. The van der Waals surface area contributed by atoms with Crippen LogP contribution < -0.4 is 10.3 Å². The van der Waals surface area contributed by atoms with Gasteiger partial charge >= 0.3 is 5.97 Å². The number of fused-ring (bicyclic) bond motifs is 1. The zero-order valence-electron chi connectivity index (χ0n) is 18.7. The molecule has 1 aliphatic heterocycles. The number of aryl methyl sites for hydroxylation is 2. The highest BCUT2D eigenvalue weighted by Crippen LogP contribution is 2.25. The van der Waals surface area contributed by atoms with E-state index in [0.29, 0.717) is 36.6 Å². The van der Waals surface area contributed by atoms with E-state index in [4.69, 9.17) is 9.47 Å². The number of carbonyl (C=O) groups excluding carboxylic acids is 1. The van der Waals surface area contributed by atoms with E-state index < -0.39 is 5.97 Å². The van der Waals surface area contributed by atoms with Gasteiger partial charge in [0, 0.05) is 44.4 Å². The van der Waals surface area contributed by atoms with Crippen LogP contribution in [0.4, 0.5) is 0 Å². The zero-order chi connectivity index (χ0) is 22.7. The number of aromatic nitrogens is 1. The van der Waals surface area contributed by atoms with Crippen molar-refractivity contribution in [1.29, 1.82) is 0 Å². The van der Waals surface area contributed by atoms with Gasteiger partial charge in [-0.25, -0.2) is 4.79 Å². The van der Waals surface area contributed by atoms with Gasteiger partial charge < -0.3 is 14.0 Å². The minimum atomic E-state index is -0.475. The summed E-state index contributed by atoms with van der Waals surface area (Å²) in [4.78, 5) is 28.0. The van der Waals surface area contributed by atoms with Crippen molar-refractivity contribution in [2.75, 3.05) is 20.2 Å². The second-order valence-corrected chi connectivity index (χ2v) is 8.96. The van der Waals surface area contributed by atoms with Crippen molar-refractivity contribution >= 4 is 17.3 Å². The normalized spacial score (nSPS) is 14.0. The maximum absolute atomic E-state index is 12.9. The molecule has 32 heavy (non-hydrogen) atoms. The van der Waals surface area contributed by atoms with Gasteiger partial charge in [0.1, 0.15) is 17.9 Å². The minimum Gasteiger partial charge on any atom is -0.488 e. The largest absolute Gasteiger partial charge is 0.488 e. The van der Waals surface area contributed by atoms with Crippen molar-refractivity contribution in [1.82, 2.24) is 9.47 Å². The first-order valence-electron chi connectivity index (χ1n) is 10.7. The Balaban J connectivity index is 1.60. The fourth-order valence-electron chi connectivity index (χ4n) is 4.08. The summed E-state index contributed by atoms with van der Waals surface area (Å²) in [6.45, 7) is 7.33. The van der Waals surface area contributed by atoms with Gasteiger partial charge in [-0.05, 0) is 52.9 Å². The van der Waals surface area contributed by atoms with E-state index in [1.807, 2.05) is 16.8 Å². The maximum Gasteiger partial charge on any atom is 0.343 e. The quantitative estimate of drug-likeness (QED) is 0.530. The average Bonchev–Trinajstić information content (AvgIpc) is 3.22. The van der Waals surface area contributed by atoms with Crippen molar-refractivity contribution in [2.24, 2.45) is 0 Å². The summed E-state index contributed by atoms with van der Waals surface area (Å²) >= 11 is 1.58.